The van der Waals surface area contributed by atoms with Gasteiger partial charge in [0.05, 0.1) is 10.9 Å². The van der Waals surface area contributed by atoms with Crippen LogP contribution in [0.5, 0.6) is 0 Å². The molecule has 0 aliphatic carbocycles. The number of carbonyl (C=O) groups is 3. The zero-order valence-corrected chi connectivity index (χ0v) is 25.6. The standard InChI is InChI=1S/C29H28BrN7O3S/c1-14-6-7-22(30)33-26(14)34-27(40)21-10-29(5)28(41-29)37(21)23(39)13-36-25-15(2)8-18(19-11-31-17(4)32-12-19)9-20(25)24(35-36)16(3)38/h6-9,11-12,21,28H,10,13H2,1-5H3,(H,33,34,40)/t21?,28-,29-/m1/s1. The third-order valence-corrected chi connectivity index (χ3v) is 9.78. The Morgan fingerprint density at radius 1 is 1.10 bits per heavy atom. The number of aryl methyl sites for hydroxylation is 3. The van der Waals surface area contributed by atoms with Crippen molar-refractivity contribution in [3.05, 3.63) is 63.9 Å². The second kappa shape index (κ2) is 10.0. The summed E-state index contributed by atoms with van der Waals surface area (Å²) >= 11 is 5.04. The number of thioether (sulfide) groups is 1. The number of Topliss-reactive ketones (excluding diaryl/α,β-unsaturated/α-hetero) is 1. The molecule has 3 aromatic heterocycles. The van der Waals surface area contributed by atoms with Crippen LogP contribution < -0.4 is 5.32 Å². The van der Waals surface area contributed by atoms with E-state index >= 15 is 0 Å². The minimum Gasteiger partial charge on any atom is -0.316 e. The van der Waals surface area contributed by atoms with E-state index in [4.69, 9.17) is 0 Å². The largest absolute Gasteiger partial charge is 0.316 e. The number of fused-ring (bicyclic) bond motifs is 2. The van der Waals surface area contributed by atoms with E-state index in [1.165, 1.54) is 6.92 Å². The Balaban J connectivity index is 1.32. The van der Waals surface area contributed by atoms with Gasteiger partial charge in [0.2, 0.25) is 11.8 Å². The molecule has 4 aromatic rings. The van der Waals surface area contributed by atoms with Gasteiger partial charge in [-0.3, -0.25) is 19.1 Å². The fourth-order valence-electron chi connectivity index (χ4n) is 5.54. The topological polar surface area (TPSA) is 123 Å². The fourth-order valence-corrected chi connectivity index (χ4v) is 7.13. The van der Waals surface area contributed by atoms with Crippen LogP contribution in [0.15, 0.2) is 41.3 Å². The van der Waals surface area contributed by atoms with E-state index in [2.05, 4.69) is 48.2 Å². The van der Waals surface area contributed by atoms with Crippen molar-refractivity contribution in [2.45, 2.75) is 63.7 Å². The van der Waals surface area contributed by atoms with Crippen molar-refractivity contribution >= 4 is 62.0 Å². The SMILES string of the molecule is CC(=O)c1nn(CC(=O)N2C(C(=O)Nc3nc(Br)ccc3C)C[C@@]3(C)S[C@@H]23)c2c(C)cc(-c3cnc(C)nc3)cc12. The van der Waals surface area contributed by atoms with E-state index < -0.39 is 6.04 Å². The number of ketones is 1. The lowest BCUT2D eigenvalue weighted by Gasteiger charge is -2.26. The predicted octanol–water partition coefficient (Wildman–Crippen LogP) is 4.85. The molecule has 0 radical (unpaired) electrons. The minimum absolute atomic E-state index is 0.0920. The average molecular weight is 635 g/mol. The number of rotatable bonds is 6. The normalized spacial score (nSPS) is 21.2. The Labute approximate surface area is 249 Å². The summed E-state index contributed by atoms with van der Waals surface area (Å²) in [6.07, 6.45) is 4.04. The molecule has 2 fully saturated rings. The lowest BCUT2D eigenvalue weighted by molar-refractivity contribution is -0.137. The molecule has 1 N–H and O–H groups in total. The monoisotopic (exact) mass is 633 g/mol. The van der Waals surface area contributed by atoms with Crippen LogP contribution in [-0.4, -0.2) is 63.4 Å². The number of carbonyl (C=O) groups excluding carboxylic acids is 3. The Morgan fingerprint density at radius 2 is 1.83 bits per heavy atom. The van der Waals surface area contributed by atoms with E-state index in [-0.39, 0.29) is 34.3 Å². The van der Waals surface area contributed by atoms with Gasteiger partial charge in [0.25, 0.3) is 0 Å². The van der Waals surface area contributed by atoms with Crippen molar-refractivity contribution in [2.75, 3.05) is 5.32 Å². The number of halogens is 1. The minimum atomic E-state index is -0.637. The number of hydrogen-bond donors (Lipinski definition) is 1. The van der Waals surface area contributed by atoms with E-state index in [1.54, 1.807) is 33.7 Å². The molecule has 12 heteroatoms. The van der Waals surface area contributed by atoms with Crippen LogP contribution in [0.3, 0.4) is 0 Å². The Kier molecular flexibility index (Phi) is 6.73. The van der Waals surface area contributed by atoms with Crippen molar-refractivity contribution in [2.24, 2.45) is 0 Å². The molecule has 210 valence electrons. The van der Waals surface area contributed by atoms with Crippen LogP contribution in [0.2, 0.25) is 0 Å². The number of nitrogens with zero attached hydrogens (tertiary/aromatic N) is 6. The molecule has 1 unspecified atom stereocenters. The van der Waals surface area contributed by atoms with Crippen molar-refractivity contribution in [3.63, 3.8) is 0 Å². The first kappa shape index (κ1) is 27.5. The maximum absolute atomic E-state index is 13.9. The summed E-state index contributed by atoms with van der Waals surface area (Å²) in [6.45, 7) is 9.08. The highest BCUT2D eigenvalue weighted by Gasteiger charge is 2.65. The number of amides is 2. The first-order chi connectivity index (χ1) is 19.4. The van der Waals surface area contributed by atoms with Gasteiger partial charge >= 0.3 is 0 Å². The first-order valence-electron chi connectivity index (χ1n) is 13.2. The number of anilines is 1. The molecule has 10 nitrogen and oxygen atoms in total. The van der Waals surface area contributed by atoms with E-state index in [0.29, 0.717) is 39.3 Å². The third kappa shape index (κ3) is 4.93. The lowest BCUT2D eigenvalue weighted by atomic mass is 10.0. The molecule has 2 aliphatic rings. The molecule has 0 saturated carbocycles. The van der Waals surface area contributed by atoms with Gasteiger partial charge in [0.15, 0.2) is 5.78 Å². The maximum Gasteiger partial charge on any atom is 0.248 e. The molecule has 0 spiro atoms. The molecule has 6 rings (SSSR count). The molecule has 2 saturated heterocycles. The second-order valence-corrected chi connectivity index (χ2v) is 13.3. The van der Waals surface area contributed by atoms with Crippen LogP contribution in [0, 0.1) is 20.8 Å². The van der Waals surface area contributed by atoms with Crippen LogP contribution >= 0.6 is 27.7 Å². The Morgan fingerprint density at radius 3 is 2.54 bits per heavy atom. The molecule has 1 aromatic carbocycles. The summed E-state index contributed by atoms with van der Waals surface area (Å²) < 4.78 is 2.04. The number of nitrogens with one attached hydrogen (secondary N) is 1. The number of hydrogen-bond acceptors (Lipinski definition) is 8. The van der Waals surface area contributed by atoms with Gasteiger partial charge in [-0.25, -0.2) is 15.0 Å². The predicted molar refractivity (Wildman–Crippen MR) is 161 cm³/mol. The lowest BCUT2D eigenvalue weighted by Crippen LogP contribution is -2.46. The van der Waals surface area contributed by atoms with Gasteiger partial charge in [-0.2, -0.15) is 5.10 Å². The fraction of sp³-hybridized carbons (Fsp3) is 0.345. The Hall–Kier alpha value is -3.64. The summed E-state index contributed by atoms with van der Waals surface area (Å²) in [4.78, 5) is 54.6. The number of likely N-dealkylation sites (tertiary alicyclic amines) is 1. The van der Waals surface area contributed by atoms with Crippen LogP contribution in [0.25, 0.3) is 22.0 Å². The van der Waals surface area contributed by atoms with Crippen LogP contribution in [-0.2, 0) is 16.1 Å². The van der Waals surface area contributed by atoms with E-state index in [9.17, 15) is 14.4 Å². The summed E-state index contributed by atoms with van der Waals surface area (Å²) in [5.74, 6) is 0.446. The van der Waals surface area contributed by atoms with Gasteiger partial charge in [-0.1, -0.05) is 6.07 Å². The number of benzene rings is 1. The highest BCUT2D eigenvalue weighted by molar-refractivity contribution is 9.10. The van der Waals surface area contributed by atoms with Gasteiger partial charge in [0, 0.05) is 35.0 Å². The molecular weight excluding hydrogens is 606 g/mol. The smallest absolute Gasteiger partial charge is 0.248 e. The molecule has 5 heterocycles. The number of aromatic nitrogens is 5. The van der Waals surface area contributed by atoms with Crippen LogP contribution in [0.1, 0.15) is 47.7 Å². The summed E-state index contributed by atoms with van der Waals surface area (Å²) in [5.41, 5.74) is 4.38. The molecule has 2 amide bonds. The third-order valence-electron chi connectivity index (χ3n) is 7.70. The quantitative estimate of drug-likeness (QED) is 0.182. The van der Waals surface area contributed by atoms with Crippen molar-refractivity contribution < 1.29 is 14.4 Å². The molecule has 41 heavy (non-hydrogen) atoms. The first-order valence-corrected chi connectivity index (χ1v) is 14.9. The van der Waals surface area contributed by atoms with Crippen molar-refractivity contribution in [1.29, 1.82) is 0 Å². The zero-order valence-electron chi connectivity index (χ0n) is 23.2. The van der Waals surface area contributed by atoms with E-state index in [1.807, 2.05) is 45.0 Å². The molecule has 3 atom stereocenters. The van der Waals surface area contributed by atoms with Gasteiger partial charge in [0.1, 0.15) is 34.5 Å². The van der Waals surface area contributed by atoms with Crippen molar-refractivity contribution in [1.82, 2.24) is 29.6 Å². The zero-order chi connectivity index (χ0) is 29.2. The summed E-state index contributed by atoms with van der Waals surface area (Å²) in [7, 11) is 0. The molecule has 0 bridgehead atoms. The van der Waals surface area contributed by atoms with Gasteiger partial charge in [-0.15, -0.1) is 11.8 Å². The van der Waals surface area contributed by atoms with Gasteiger partial charge < -0.3 is 10.2 Å². The summed E-state index contributed by atoms with van der Waals surface area (Å²) in [6, 6.07) is 6.92. The highest BCUT2D eigenvalue weighted by atomic mass is 79.9. The summed E-state index contributed by atoms with van der Waals surface area (Å²) in [5, 5.41) is 8.09. The average Bonchev–Trinajstić information content (AvgIpc) is 3.27. The Bertz CT molecular complexity index is 1760. The van der Waals surface area contributed by atoms with Crippen LogP contribution in [0.4, 0.5) is 5.82 Å². The maximum atomic E-state index is 13.9. The second-order valence-electron chi connectivity index (χ2n) is 10.9. The van der Waals surface area contributed by atoms with E-state index in [0.717, 1.165) is 22.3 Å². The van der Waals surface area contributed by atoms with Crippen molar-refractivity contribution in [3.8, 4) is 11.1 Å². The highest BCUT2D eigenvalue weighted by Crippen LogP contribution is 2.63. The molecular formula is C29H28BrN7O3S. The number of pyridine rings is 1. The van der Waals surface area contributed by atoms with Gasteiger partial charge in [-0.05, 0) is 84.9 Å². The molecule has 2 aliphatic heterocycles.